The van der Waals surface area contributed by atoms with Crippen LogP contribution in [0.15, 0.2) is 18.3 Å². The topological polar surface area (TPSA) is 29.9 Å². The molecule has 0 radical (unpaired) electrons. The molecule has 3 nitrogen and oxygen atoms in total. The van der Waals surface area contributed by atoms with Crippen molar-refractivity contribution < 1.29 is 4.39 Å². The Morgan fingerprint density at radius 3 is 2.75 bits per heavy atom. The Labute approximate surface area is 104 Å². The van der Waals surface area contributed by atoms with E-state index in [-0.39, 0.29) is 17.5 Å². The van der Waals surface area contributed by atoms with Crippen molar-refractivity contribution >= 4 is 29.4 Å². The van der Waals surface area contributed by atoms with Gasteiger partial charge in [0.15, 0.2) is 5.13 Å². The molecule has 0 aliphatic rings. The van der Waals surface area contributed by atoms with Crippen molar-refractivity contribution in [1.29, 1.82) is 0 Å². The van der Waals surface area contributed by atoms with Gasteiger partial charge in [-0.05, 0) is 19.1 Å². The lowest BCUT2D eigenvalue weighted by molar-refractivity contribution is 0.657. The van der Waals surface area contributed by atoms with Gasteiger partial charge in [-0.3, -0.25) is 4.68 Å². The van der Waals surface area contributed by atoms with Crippen LogP contribution in [0.5, 0.6) is 0 Å². The SMILES string of the molecule is Cc1nn(C)cc1NCc1ccc(F)s1.Cl. The largest absolute Gasteiger partial charge is 0.377 e. The first-order chi connectivity index (χ1) is 7.15. The summed E-state index contributed by atoms with van der Waals surface area (Å²) in [5.41, 5.74) is 1.95. The Morgan fingerprint density at radius 2 is 2.25 bits per heavy atom. The number of anilines is 1. The van der Waals surface area contributed by atoms with Crippen molar-refractivity contribution in [3.8, 4) is 0 Å². The van der Waals surface area contributed by atoms with Gasteiger partial charge in [0.1, 0.15) is 0 Å². The van der Waals surface area contributed by atoms with E-state index < -0.39 is 0 Å². The van der Waals surface area contributed by atoms with Gasteiger partial charge in [-0.15, -0.1) is 23.7 Å². The van der Waals surface area contributed by atoms with E-state index in [1.165, 1.54) is 6.07 Å². The van der Waals surface area contributed by atoms with Crippen LogP contribution in [-0.4, -0.2) is 9.78 Å². The molecular formula is C10H13ClFN3S. The highest BCUT2D eigenvalue weighted by Crippen LogP contribution is 2.17. The Balaban J connectivity index is 0.00000128. The molecule has 0 aliphatic carbocycles. The Bertz CT molecular complexity index is 466. The molecule has 0 saturated heterocycles. The zero-order valence-corrected chi connectivity index (χ0v) is 10.7. The zero-order chi connectivity index (χ0) is 10.8. The van der Waals surface area contributed by atoms with E-state index in [0.29, 0.717) is 6.54 Å². The van der Waals surface area contributed by atoms with Crippen molar-refractivity contribution in [1.82, 2.24) is 9.78 Å². The molecule has 0 amide bonds. The van der Waals surface area contributed by atoms with E-state index in [1.807, 2.05) is 20.2 Å². The highest BCUT2D eigenvalue weighted by molar-refractivity contribution is 7.10. The summed E-state index contributed by atoms with van der Waals surface area (Å²) < 4.78 is 14.5. The van der Waals surface area contributed by atoms with Crippen molar-refractivity contribution in [3.05, 3.63) is 34.0 Å². The monoisotopic (exact) mass is 261 g/mol. The van der Waals surface area contributed by atoms with Crippen LogP contribution in [0.1, 0.15) is 10.6 Å². The third-order valence-electron chi connectivity index (χ3n) is 2.10. The molecule has 0 atom stereocenters. The molecule has 2 aromatic rings. The van der Waals surface area contributed by atoms with Gasteiger partial charge >= 0.3 is 0 Å². The molecule has 2 rings (SSSR count). The van der Waals surface area contributed by atoms with Crippen LogP contribution in [0.3, 0.4) is 0 Å². The molecule has 2 aromatic heterocycles. The second-order valence-corrected chi connectivity index (χ2v) is 4.48. The number of hydrogen-bond donors (Lipinski definition) is 1. The standard InChI is InChI=1S/C10H12FN3S.ClH/c1-7-9(6-14(2)13-7)12-5-8-3-4-10(11)15-8;/h3-4,6,12H,5H2,1-2H3;1H. The smallest absolute Gasteiger partial charge is 0.176 e. The van der Waals surface area contributed by atoms with Crippen molar-refractivity contribution in [2.24, 2.45) is 7.05 Å². The number of nitrogens with one attached hydrogen (secondary N) is 1. The van der Waals surface area contributed by atoms with Gasteiger partial charge in [0.2, 0.25) is 0 Å². The highest BCUT2D eigenvalue weighted by Gasteiger charge is 2.03. The van der Waals surface area contributed by atoms with E-state index in [4.69, 9.17) is 0 Å². The summed E-state index contributed by atoms with van der Waals surface area (Å²) in [7, 11) is 1.88. The minimum absolute atomic E-state index is 0. The van der Waals surface area contributed by atoms with Crippen molar-refractivity contribution in [2.75, 3.05) is 5.32 Å². The molecule has 0 aliphatic heterocycles. The van der Waals surface area contributed by atoms with Crippen LogP contribution < -0.4 is 5.32 Å². The Hall–Kier alpha value is -1.07. The fraction of sp³-hybridized carbons (Fsp3) is 0.300. The van der Waals surface area contributed by atoms with Gasteiger partial charge in [-0.2, -0.15) is 9.49 Å². The normalized spacial score (nSPS) is 9.94. The number of hydrogen-bond acceptors (Lipinski definition) is 3. The fourth-order valence-electron chi connectivity index (χ4n) is 1.40. The molecule has 0 saturated carbocycles. The number of rotatable bonds is 3. The highest BCUT2D eigenvalue weighted by atomic mass is 35.5. The molecule has 16 heavy (non-hydrogen) atoms. The third-order valence-corrected chi connectivity index (χ3v) is 2.97. The molecule has 0 unspecified atom stereocenters. The maximum Gasteiger partial charge on any atom is 0.176 e. The first kappa shape index (κ1) is 13.0. The molecule has 1 N–H and O–H groups in total. The molecule has 2 heterocycles. The predicted octanol–water partition coefficient (Wildman–Crippen LogP) is 2.96. The lowest BCUT2D eigenvalue weighted by Gasteiger charge is -2.01. The van der Waals surface area contributed by atoms with Gasteiger partial charge in [-0.1, -0.05) is 0 Å². The third kappa shape index (κ3) is 2.96. The average Bonchev–Trinajstić information content (AvgIpc) is 2.70. The van der Waals surface area contributed by atoms with Gasteiger partial charge in [0.05, 0.1) is 11.4 Å². The van der Waals surface area contributed by atoms with Crippen LogP contribution in [-0.2, 0) is 13.6 Å². The summed E-state index contributed by atoms with van der Waals surface area (Å²) in [6.07, 6.45) is 1.92. The van der Waals surface area contributed by atoms with Gasteiger partial charge in [0, 0.05) is 24.7 Å². The Kier molecular flexibility index (Phi) is 4.32. The van der Waals surface area contributed by atoms with Crippen molar-refractivity contribution in [2.45, 2.75) is 13.5 Å². The first-order valence-corrected chi connectivity index (χ1v) is 5.45. The van der Waals surface area contributed by atoms with Crippen LogP contribution in [0.25, 0.3) is 0 Å². The summed E-state index contributed by atoms with van der Waals surface area (Å²) in [5.74, 6) is 0. The minimum Gasteiger partial charge on any atom is -0.377 e. The van der Waals surface area contributed by atoms with Gasteiger partial charge < -0.3 is 5.32 Å². The lowest BCUT2D eigenvalue weighted by atomic mass is 10.4. The summed E-state index contributed by atoms with van der Waals surface area (Å²) in [6, 6.07) is 3.27. The quantitative estimate of drug-likeness (QED) is 0.921. The molecule has 6 heteroatoms. The molecule has 0 fully saturated rings. The van der Waals surface area contributed by atoms with E-state index in [1.54, 1.807) is 10.7 Å². The van der Waals surface area contributed by atoms with E-state index >= 15 is 0 Å². The molecule has 0 spiro atoms. The predicted molar refractivity (Wildman–Crippen MR) is 66.8 cm³/mol. The second kappa shape index (κ2) is 5.32. The molecular weight excluding hydrogens is 249 g/mol. The molecule has 0 bridgehead atoms. The molecule has 0 aromatic carbocycles. The number of nitrogens with zero attached hydrogens (tertiary/aromatic N) is 2. The van der Waals surface area contributed by atoms with E-state index in [9.17, 15) is 4.39 Å². The van der Waals surface area contributed by atoms with Crippen molar-refractivity contribution in [3.63, 3.8) is 0 Å². The first-order valence-electron chi connectivity index (χ1n) is 4.63. The van der Waals surface area contributed by atoms with Gasteiger partial charge in [0.25, 0.3) is 0 Å². The minimum atomic E-state index is -0.144. The Morgan fingerprint density at radius 1 is 1.50 bits per heavy atom. The second-order valence-electron chi connectivity index (χ2n) is 3.36. The maximum atomic E-state index is 12.7. The number of thiophene rings is 1. The van der Waals surface area contributed by atoms with Gasteiger partial charge in [-0.25, -0.2) is 0 Å². The number of aromatic nitrogens is 2. The fourth-order valence-corrected chi connectivity index (χ4v) is 2.07. The van der Waals surface area contributed by atoms with Crippen LogP contribution in [0, 0.1) is 12.1 Å². The van der Waals surface area contributed by atoms with Crippen LogP contribution in [0.2, 0.25) is 0 Å². The zero-order valence-electron chi connectivity index (χ0n) is 9.03. The summed E-state index contributed by atoms with van der Waals surface area (Å²) in [4.78, 5) is 0.982. The number of aryl methyl sites for hydroxylation is 2. The summed E-state index contributed by atoms with van der Waals surface area (Å²) in [6.45, 7) is 2.58. The maximum absolute atomic E-state index is 12.7. The summed E-state index contributed by atoms with van der Waals surface area (Å²) >= 11 is 1.16. The molecule has 88 valence electrons. The number of halogens is 2. The van der Waals surface area contributed by atoms with E-state index in [0.717, 1.165) is 27.6 Å². The van der Waals surface area contributed by atoms with Crippen LogP contribution >= 0.6 is 23.7 Å². The average molecular weight is 262 g/mol. The van der Waals surface area contributed by atoms with Crippen LogP contribution in [0.4, 0.5) is 10.1 Å². The summed E-state index contributed by atoms with van der Waals surface area (Å²) in [5, 5.41) is 7.29. The van der Waals surface area contributed by atoms with E-state index in [2.05, 4.69) is 10.4 Å². The lowest BCUT2D eigenvalue weighted by Crippen LogP contribution is -1.97.